The van der Waals surface area contributed by atoms with Crippen molar-refractivity contribution < 1.29 is 0 Å². The first kappa shape index (κ1) is 14.9. The number of rotatable bonds is 8. The van der Waals surface area contributed by atoms with Crippen LogP contribution in [-0.2, 0) is 5.75 Å². The second-order valence-corrected chi connectivity index (χ2v) is 6.50. The highest BCUT2D eigenvalue weighted by molar-refractivity contribution is 7.98. The molecule has 1 fully saturated rings. The molecule has 0 N–H and O–H groups in total. The van der Waals surface area contributed by atoms with Crippen molar-refractivity contribution >= 4 is 11.8 Å². The zero-order valence-electron chi connectivity index (χ0n) is 12.1. The molecule has 0 aromatic heterocycles. The number of nitrogens with zero attached hydrogens (tertiary/aromatic N) is 2. The van der Waals surface area contributed by atoms with E-state index in [1.165, 1.54) is 56.9 Å². The van der Waals surface area contributed by atoms with Crippen LogP contribution in [0.2, 0.25) is 0 Å². The van der Waals surface area contributed by atoms with E-state index in [0.717, 1.165) is 5.75 Å². The second kappa shape index (κ2) is 8.62. The Balaban J connectivity index is 1.50. The monoisotopic (exact) mass is 278 g/mol. The van der Waals surface area contributed by atoms with Crippen LogP contribution in [0.15, 0.2) is 30.3 Å². The Labute approximate surface area is 122 Å². The fraction of sp³-hybridized carbons (Fsp3) is 0.625. The highest BCUT2D eigenvalue weighted by Crippen LogP contribution is 2.11. The maximum atomic E-state index is 2.59. The molecule has 0 bridgehead atoms. The fourth-order valence-corrected chi connectivity index (χ4v) is 3.43. The second-order valence-electron chi connectivity index (χ2n) is 5.39. The predicted molar refractivity (Wildman–Crippen MR) is 85.8 cm³/mol. The molecule has 1 aliphatic rings. The first-order chi connectivity index (χ1) is 9.34. The van der Waals surface area contributed by atoms with Crippen LogP contribution in [0.1, 0.15) is 18.4 Å². The van der Waals surface area contributed by atoms with Crippen LogP contribution in [0, 0.1) is 0 Å². The van der Waals surface area contributed by atoms with Gasteiger partial charge in [0.1, 0.15) is 0 Å². The molecular weight excluding hydrogens is 252 g/mol. The minimum absolute atomic E-state index is 1.14. The van der Waals surface area contributed by atoms with Crippen molar-refractivity contribution in [2.75, 3.05) is 45.5 Å². The molecule has 1 saturated heterocycles. The lowest BCUT2D eigenvalue weighted by atomic mass is 10.2. The standard InChI is InChI=1S/C16H26N2S/c1-17(11-12-18-9-5-6-10-18)13-14-19-15-16-7-3-2-4-8-16/h2-4,7-8H,5-6,9-15H2,1H3. The first-order valence-corrected chi connectivity index (χ1v) is 8.52. The predicted octanol–water partition coefficient (Wildman–Crippen LogP) is 2.95. The van der Waals surface area contributed by atoms with Crippen LogP contribution in [0.3, 0.4) is 0 Å². The molecule has 1 aromatic carbocycles. The fourth-order valence-electron chi connectivity index (χ4n) is 2.41. The summed E-state index contributed by atoms with van der Waals surface area (Å²) in [6, 6.07) is 10.8. The zero-order valence-corrected chi connectivity index (χ0v) is 12.9. The summed E-state index contributed by atoms with van der Waals surface area (Å²) in [7, 11) is 2.25. The van der Waals surface area contributed by atoms with Crippen molar-refractivity contribution in [3.05, 3.63) is 35.9 Å². The number of thioether (sulfide) groups is 1. The molecule has 0 spiro atoms. The topological polar surface area (TPSA) is 6.48 Å². The molecule has 0 aliphatic carbocycles. The number of likely N-dealkylation sites (N-methyl/N-ethyl adjacent to an activating group) is 1. The van der Waals surface area contributed by atoms with Gasteiger partial charge >= 0.3 is 0 Å². The van der Waals surface area contributed by atoms with Crippen molar-refractivity contribution in [3.63, 3.8) is 0 Å². The van der Waals surface area contributed by atoms with Crippen LogP contribution < -0.4 is 0 Å². The van der Waals surface area contributed by atoms with E-state index in [4.69, 9.17) is 0 Å². The average molecular weight is 278 g/mol. The lowest BCUT2D eigenvalue weighted by molar-refractivity contribution is 0.265. The molecular formula is C16H26N2S. The Hall–Kier alpha value is -0.510. The van der Waals surface area contributed by atoms with Gasteiger partial charge in [-0.2, -0.15) is 11.8 Å². The summed E-state index contributed by atoms with van der Waals surface area (Å²) in [5, 5.41) is 0. The number of likely N-dealkylation sites (tertiary alicyclic amines) is 1. The lowest BCUT2D eigenvalue weighted by Gasteiger charge is -2.21. The molecule has 1 aromatic rings. The van der Waals surface area contributed by atoms with E-state index in [0.29, 0.717) is 0 Å². The van der Waals surface area contributed by atoms with E-state index in [2.05, 4.69) is 47.2 Å². The van der Waals surface area contributed by atoms with Crippen molar-refractivity contribution in [1.29, 1.82) is 0 Å². The van der Waals surface area contributed by atoms with E-state index in [9.17, 15) is 0 Å². The normalized spacial score (nSPS) is 16.3. The first-order valence-electron chi connectivity index (χ1n) is 7.37. The quantitative estimate of drug-likeness (QED) is 0.675. The Morgan fingerprint density at radius 1 is 1.11 bits per heavy atom. The van der Waals surface area contributed by atoms with Gasteiger partial charge in [0, 0.05) is 31.1 Å². The number of benzene rings is 1. The third-order valence-corrected chi connectivity index (χ3v) is 4.73. The van der Waals surface area contributed by atoms with E-state index in [-0.39, 0.29) is 0 Å². The van der Waals surface area contributed by atoms with E-state index in [1.54, 1.807) is 0 Å². The van der Waals surface area contributed by atoms with E-state index < -0.39 is 0 Å². The Morgan fingerprint density at radius 2 is 1.84 bits per heavy atom. The van der Waals surface area contributed by atoms with Gasteiger partial charge < -0.3 is 9.80 Å². The molecule has 0 atom stereocenters. The summed E-state index contributed by atoms with van der Waals surface area (Å²) >= 11 is 2.04. The summed E-state index contributed by atoms with van der Waals surface area (Å²) in [6.45, 7) is 6.30. The molecule has 0 saturated carbocycles. The maximum Gasteiger partial charge on any atom is 0.0185 e. The van der Waals surface area contributed by atoms with Crippen LogP contribution in [0.4, 0.5) is 0 Å². The Bertz CT molecular complexity index is 336. The molecule has 1 heterocycles. The molecule has 3 heteroatoms. The van der Waals surface area contributed by atoms with Gasteiger partial charge in [0.25, 0.3) is 0 Å². The van der Waals surface area contributed by atoms with Crippen LogP contribution in [0.25, 0.3) is 0 Å². The Kier molecular flexibility index (Phi) is 6.75. The van der Waals surface area contributed by atoms with E-state index >= 15 is 0 Å². The van der Waals surface area contributed by atoms with Gasteiger partial charge in [-0.15, -0.1) is 0 Å². The SMILES string of the molecule is CN(CCSCc1ccccc1)CCN1CCCC1. The molecule has 2 rings (SSSR count). The highest BCUT2D eigenvalue weighted by atomic mass is 32.2. The maximum absolute atomic E-state index is 2.59. The van der Waals surface area contributed by atoms with Crippen molar-refractivity contribution in [2.24, 2.45) is 0 Å². The zero-order chi connectivity index (χ0) is 13.3. The van der Waals surface area contributed by atoms with Crippen LogP contribution >= 0.6 is 11.8 Å². The average Bonchev–Trinajstić information content (AvgIpc) is 2.96. The molecule has 0 amide bonds. The van der Waals surface area contributed by atoms with Gasteiger partial charge in [0.2, 0.25) is 0 Å². The molecule has 19 heavy (non-hydrogen) atoms. The molecule has 0 unspecified atom stereocenters. The Morgan fingerprint density at radius 3 is 2.58 bits per heavy atom. The molecule has 106 valence electrons. The summed E-state index contributed by atoms with van der Waals surface area (Å²) < 4.78 is 0. The lowest BCUT2D eigenvalue weighted by Crippen LogP contribution is -2.32. The van der Waals surface area contributed by atoms with Gasteiger partial charge in [-0.3, -0.25) is 0 Å². The van der Waals surface area contributed by atoms with Gasteiger partial charge in [-0.1, -0.05) is 30.3 Å². The smallest absolute Gasteiger partial charge is 0.0185 e. The summed E-state index contributed by atoms with van der Waals surface area (Å²) in [4.78, 5) is 5.06. The largest absolute Gasteiger partial charge is 0.304 e. The van der Waals surface area contributed by atoms with Crippen LogP contribution in [-0.4, -0.2) is 55.3 Å². The summed E-state index contributed by atoms with van der Waals surface area (Å²) in [5.41, 5.74) is 1.44. The third-order valence-electron chi connectivity index (χ3n) is 3.73. The van der Waals surface area contributed by atoms with Gasteiger partial charge in [-0.05, 0) is 38.5 Å². The van der Waals surface area contributed by atoms with Crippen molar-refractivity contribution in [2.45, 2.75) is 18.6 Å². The minimum Gasteiger partial charge on any atom is -0.304 e. The summed E-state index contributed by atoms with van der Waals surface area (Å²) in [6.07, 6.45) is 2.80. The number of hydrogen-bond donors (Lipinski definition) is 0. The van der Waals surface area contributed by atoms with Gasteiger partial charge in [0.05, 0.1) is 0 Å². The molecule has 2 nitrogen and oxygen atoms in total. The highest BCUT2D eigenvalue weighted by Gasteiger charge is 2.11. The minimum atomic E-state index is 1.14. The van der Waals surface area contributed by atoms with Crippen LogP contribution in [0.5, 0.6) is 0 Å². The van der Waals surface area contributed by atoms with Gasteiger partial charge in [0.15, 0.2) is 0 Å². The van der Waals surface area contributed by atoms with Crippen molar-refractivity contribution in [1.82, 2.24) is 9.80 Å². The number of hydrogen-bond acceptors (Lipinski definition) is 3. The van der Waals surface area contributed by atoms with Crippen molar-refractivity contribution in [3.8, 4) is 0 Å². The molecule has 0 radical (unpaired) electrons. The third kappa shape index (κ3) is 5.98. The van der Waals surface area contributed by atoms with Gasteiger partial charge in [-0.25, -0.2) is 0 Å². The summed E-state index contributed by atoms with van der Waals surface area (Å²) in [5.74, 6) is 2.37. The molecule has 1 aliphatic heterocycles. The van der Waals surface area contributed by atoms with E-state index in [1.807, 2.05) is 11.8 Å².